The predicted octanol–water partition coefficient (Wildman–Crippen LogP) is 4.20. The molecular formula is C18H22FNO. The average Bonchev–Trinajstić information content (AvgIpc) is 3.03. The van der Waals surface area contributed by atoms with Gasteiger partial charge in [-0.25, -0.2) is 4.39 Å². The molecule has 1 fully saturated rings. The molecule has 2 aromatic carbocycles. The second kappa shape index (κ2) is 6.54. The van der Waals surface area contributed by atoms with Crippen LogP contribution in [0.2, 0.25) is 0 Å². The number of nitrogens with one attached hydrogen (secondary N) is 1. The molecule has 1 heterocycles. The zero-order valence-electron chi connectivity index (χ0n) is 12.4. The minimum Gasteiger partial charge on any atom is -0.378 e. The van der Waals surface area contributed by atoms with Crippen LogP contribution in [0.25, 0.3) is 10.8 Å². The molecule has 0 bridgehead atoms. The monoisotopic (exact) mass is 287 g/mol. The van der Waals surface area contributed by atoms with Crippen molar-refractivity contribution < 1.29 is 9.13 Å². The molecule has 21 heavy (non-hydrogen) atoms. The summed E-state index contributed by atoms with van der Waals surface area (Å²) in [7, 11) is 1.97. The number of rotatable bonds is 5. The molecule has 112 valence electrons. The molecular weight excluding hydrogens is 265 g/mol. The van der Waals surface area contributed by atoms with Gasteiger partial charge in [0, 0.05) is 18.0 Å². The summed E-state index contributed by atoms with van der Waals surface area (Å²) in [6.45, 7) is 0.897. The molecule has 1 aliphatic rings. The number of ether oxygens (including phenoxy) is 1. The number of benzene rings is 2. The van der Waals surface area contributed by atoms with Gasteiger partial charge in [0.25, 0.3) is 0 Å². The second-order valence-electron chi connectivity index (χ2n) is 5.74. The van der Waals surface area contributed by atoms with Crippen LogP contribution in [0.3, 0.4) is 0 Å². The molecule has 0 saturated carbocycles. The Bertz CT molecular complexity index is 607. The molecule has 0 radical (unpaired) electrons. The number of hydrogen-bond acceptors (Lipinski definition) is 2. The SMILES string of the molecule is CNC(CCC1CCCO1)c1ccc(F)c2ccccc12. The Morgan fingerprint density at radius 3 is 2.76 bits per heavy atom. The first-order valence-electron chi connectivity index (χ1n) is 7.75. The van der Waals surface area contributed by atoms with Crippen molar-refractivity contribution in [3.05, 3.63) is 47.8 Å². The van der Waals surface area contributed by atoms with Crippen LogP contribution in [0.5, 0.6) is 0 Å². The number of hydrogen-bond donors (Lipinski definition) is 1. The molecule has 3 rings (SSSR count). The molecule has 1 saturated heterocycles. The first-order valence-corrected chi connectivity index (χ1v) is 7.75. The topological polar surface area (TPSA) is 21.3 Å². The van der Waals surface area contributed by atoms with Gasteiger partial charge in [-0.2, -0.15) is 0 Å². The molecule has 1 aliphatic heterocycles. The van der Waals surface area contributed by atoms with Crippen LogP contribution in [-0.2, 0) is 4.74 Å². The van der Waals surface area contributed by atoms with Crippen molar-refractivity contribution in [1.82, 2.24) is 5.32 Å². The maximum atomic E-state index is 13.9. The summed E-state index contributed by atoms with van der Waals surface area (Å²) in [6.07, 6.45) is 4.80. The first kappa shape index (κ1) is 14.5. The van der Waals surface area contributed by atoms with Crippen molar-refractivity contribution in [1.29, 1.82) is 0 Å². The van der Waals surface area contributed by atoms with Gasteiger partial charge < -0.3 is 10.1 Å². The zero-order chi connectivity index (χ0) is 14.7. The van der Waals surface area contributed by atoms with Gasteiger partial charge in [-0.3, -0.25) is 0 Å². The van der Waals surface area contributed by atoms with Crippen LogP contribution in [0.15, 0.2) is 36.4 Å². The van der Waals surface area contributed by atoms with Gasteiger partial charge in [-0.05, 0) is 49.7 Å². The summed E-state index contributed by atoms with van der Waals surface area (Å²) in [5.74, 6) is -0.150. The number of halogens is 1. The molecule has 2 atom stereocenters. The van der Waals surface area contributed by atoms with E-state index >= 15 is 0 Å². The van der Waals surface area contributed by atoms with Crippen LogP contribution in [-0.4, -0.2) is 19.8 Å². The molecule has 0 amide bonds. The van der Waals surface area contributed by atoms with E-state index in [1.807, 2.05) is 37.4 Å². The van der Waals surface area contributed by atoms with E-state index in [1.165, 1.54) is 18.4 Å². The predicted molar refractivity (Wildman–Crippen MR) is 83.9 cm³/mol. The smallest absolute Gasteiger partial charge is 0.131 e. The van der Waals surface area contributed by atoms with Crippen molar-refractivity contribution >= 4 is 10.8 Å². The Kier molecular flexibility index (Phi) is 4.51. The lowest BCUT2D eigenvalue weighted by atomic mass is 9.94. The highest BCUT2D eigenvalue weighted by Gasteiger charge is 2.19. The molecule has 3 heteroatoms. The third-order valence-electron chi connectivity index (χ3n) is 4.43. The fourth-order valence-corrected chi connectivity index (χ4v) is 3.27. The Labute approximate surface area is 125 Å². The van der Waals surface area contributed by atoms with Gasteiger partial charge in [0.05, 0.1) is 6.10 Å². The van der Waals surface area contributed by atoms with Crippen molar-refractivity contribution in [2.75, 3.05) is 13.7 Å². The molecule has 2 aromatic rings. The van der Waals surface area contributed by atoms with Gasteiger partial charge in [0.1, 0.15) is 5.82 Å². The zero-order valence-corrected chi connectivity index (χ0v) is 12.4. The Morgan fingerprint density at radius 2 is 2.05 bits per heavy atom. The fraction of sp³-hybridized carbons (Fsp3) is 0.444. The second-order valence-corrected chi connectivity index (χ2v) is 5.74. The summed E-state index contributed by atoms with van der Waals surface area (Å²) >= 11 is 0. The van der Waals surface area contributed by atoms with Crippen LogP contribution in [0.4, 0.5) is 4.39 Å². The lowest BCUT2D eigenvalue weighted by Gasteiger charge is -2.20. The maximum Gasteiger partial charge on any atom is 0.131 e. The minimum absolute atomic E-state index is 0.150. The van der Waals surface area contributed by atoms with Crippen LogP contribution < -0.4 is 5.32 Å². The Balaban J connectivity index is 1.84. The van der Waals surface area contributed by atoms with Crippen molar-refractivity contribution in [3.8, 4) is 0 Å². The van der Waals surface area contributed by atoms with Gasteiger partial charge >= 0.3 is 0 Å². The highest BCUT2D eigenvalue weighted by atomic mass is 19.1. The summed E-state index contributed by atoms with van der Waals surface area (Å²) in [5.41, 5.74) is 1.17. The van der Waals surface area contributed by atoms with Gasteiger partial charge in [0.2, 0.25) is 0 Å². The van der Waals surface area contributed by atoms with E-state index in [4.69, 9.17) is 4.74 Å². The van der Waals surface area contributed by atoms with E-state index in [9.17, 15) is 4.39 Å². The largest absolute Gasteiger partial charge is 0.378 e. The quantitative estimate of drug-likeness (QED) is 0.890. The first-order chi connectivity index (χ1) is 10.3. The van der Waals surface area contributed by atoms with E-state index in [2.05, 4.69) is 5.32 Å². The summed E-state index contributed by atoms with van der Waals surface area (Å²) in [6, 6.07) is 11.4. The lowest BCUT2D eigenvalue weighted by Crippen LogP contribution is -2.19. The van der Waals surface area contributed by atoms with E-state index in [-0.39, 0.29) is 11.9 Å². The third-order valence-corrected chi connectivity index (χ3v) is 4.43. The van der Waals surface area contributed by atoms with E-state index in [1.54, 1.807) is 6.07 Å². The molecule has 0 aliphatic carbocycles. The molecule has 2 nitrogen and oxygen atoms in total. The minimum atomic E-state index is -0.150. The molecule has 0 spiro atoms. The fourth-order valence-electron chi connectivity index (χ4n) is 3.27. The summed E-state index contributed by atoms with van der Waals surface area (Å²) < 4.78 is 19.6. The maximum absolute atomic E-state index is 13.9. The Hall–Kier alpha value is -1.45. The van der Waals surface area contributed by atoms with Crippen molar-refractivity contribution in [2.24, 2.45) is 0 Å². The Morgan fingerprint density at radius 1 is 1.24 bits per heavy atom. The highest BCUT2D eigenvalue weighted by molar-refractivity contribution is 5.86. The van der Waals surface area contributed by atoms with Gasteiger partial charge in [-0.15, -0.1) is 0 Å². The summed E-state index contributed by atoms with van der Waals surface area (Å²) in [4.78, 5) is 0. The van der Waals surface area contributed by atoms with E-state index in [0.717, 1.165) is 24.8 Å². The average molecular weight is 287 g/mol. The van der Waals surface area contributed by atoms with Crippen LogP contribution in [0.1, 0.15) is 37.3 Å². The third kappa shape index (κ3) is 3.09. The van der Waals surface area contributed by atoms with Crippen molar-refractivity contribution in [3.63, 3.8) is 0 Å². The standard InChI is InChI=1S/C18H22FNO/c1-20-18(11-8-13-5-4-12-21-13)16-9-10-17(19)15-7-3-2-6-14(15)16/h2-3,6-7,9-10,13,18,20H,4-5,8,11-12H2,1H3. The van der Waals surface area contributed by atoms with Crippen molar-refractivity contribution in [2.45, 2.75) is 37.8 Å². The highest BCUT2D eigenvalue weighted by Crippen LogP contribution is 2.30. The normalized spacial score (nSPS) is 20.0. The molecule has 0 aromatic heterocycles. The summed E-state index contributed by atoms with van der Waals surface area (Å²) in [5, 5.41) is 5.08. The molecule has 2 unspecified atom stereocenters. The van der Waals surface area contributed by atoms with Gasteiger partial charge in [-0.1, -0.05) is 30.3 Å². The van der Waals surface area contributed by atoms with Crippen LogP contribution >= 0.6 is 0 Å². The van der Waals surface area contributed by atoms with Gasteiger partial charge in [0.15, 0.2) is 0 Å². The van der Waals surface area contributed by atoms with E-state index in [0.29, 0.717) is 11.5 Å². The lowest BCUT2D eigenvalue weighted by molar-refractivity contribution is 0.0999. The van der Waals surface area contributed by atoms with Crippen LogP contribution in [0, 0.1) is 5.82 Å². The number of fused-ring (bicyclic) bond motifs is 1. The van der Waals surface area contributed by atoms with E-state index < -0.39 is 0 Å². The molecule has 1 N–H and O–H groups in total.